The van der Waals surface area contributed by atoms with E-state index >= 15 is 0 Å². The van der Waals surface area contributed by atoms with Crippen molar-refractivity contribution in [2.24, 2.45) is 5.92 Å². The fourth-order valence-corrected chi connectivity index (χ4v) is 13.2. The average molecular weight is 552 g/mol. The zero-order chi connectivity index (χ0) is 29.7. The molecule has 40 heavy (non-hydrogen) atoms. The van der Waals surface area contributed by atoms with Crippen molar-refractivity contribution >= 4 is 40.7 Å². The zero-order valence-corrected chi connectivity index (χ0v) is 28.1. The van der Waals surface area contributed by atoms with Gasteiger partial charge < -0.3 is 14.7 Å². The van der Waals surface area contributed by atoms with Crippen LogP contribution in [0.1, 0.15) is 44.4 Å². The number of aryl methyl sites for hydroxylation is 3. The minimum atomic E-state index is -2.81. The Hall–Kier alpha value is -3.24. The van der Waals surface area contributed by atoms with Crippen molar-refractivity contribution < 1.29 is 0 Å². The first-order valence-electron chi connectivity index (χ1n) is 14.5. The van der Waals surface area contributed by atoms with Crippen LogP contribution in [0.4, 0.5) is 17.1 Å². The molecule has 212 valence electrons. The lowest BCUT2D eigenvalue weighted by Crippen LogP contribution is -2.71. The molecule has 0 bridgehead atoms. The van der Waals surface area contributed by atoms with Gasteiger partial charge in [0.25, 0.3) is 0 Å². The Balaban J connectivity index is 2.36. The van der Waals surface area contributed by atoms with Gasteiger partial charge in [-0.2, -0.15) is 0 Å². The summed E-state index contributed by atoms with van der Waals surface area (Å²) in [6.45, 7) is 16.5. The van der Waals surface area contributed by atoms with Crippen LogP contribution in [0.2, 0.25) is 0 Å². The van der Waals surface area contributed by atoms with Crippen LogP contribution in [0.5, 0.6) is 0 Å². The molecule has 1 atom stereocenters. The van der Waals surface area contributed by atoms with Crippen molar-refractivity contribution in [2.75, 3.05) is 57.0 Å². The van der Waals surface area contributed by atoms with Crippen LogP contribution in [-0.2, 0) is 0 Å². The smallest absolute Gasteiger partial charge is 0.177 e. The fraction of sp³-hybridized carbons (Fsp3) is 0.389. The van der Waals surface area contributed by atoms with E-state index in [0.717, 1.165) is 0 Å². The Morgan fingerprint density at radius 2 is 0.825 bits per heavy atom. The van der Waals surface area contributed by atoms with Gasteiger partial charge >= 0.3 is 0 Å². The summed E-state index contributed by atoms with van der Waals surface area (Å²) in [5, 5.41) is 6.14. The second kappa shape index (κ2) is 11.0. The maximum atomic E-state index is 2.51. The third kappa shape index (κ3) is 4.70. The van der Waals surface area contributed by atoms with E-state index in [1.54, 1.807) is 5.20 Å². The van der Waals surface area contributed by atoms with Crippen LogP contribution < -0.4 is 30.3 Å². The summed E-state index contributed by atoms with van der Waals surface area (Å²) in [5.74, 6) is 0.374. The molecule has 0 aliphatic heterocycles. The summed E-state index contributed by atoms with van der Waals surface area (Å²) in [7, 11) is 10.1. The molecule has 0 N–H and O–H groups in total. The molecule has 0 fully saturated rings. The molecule has 0 aromatic heterocycles. The molecule has 4 rings (SSSR count). The monoisotopic (exact) mass is 551 g/mol. The fourth-order valence-electron chi connectivity index (χ4n) is 6.72. The van der Waals surface area contributed by atoms with Crippen LogP contribution in [0.3, 0.4) is 0 Å². The van der Waals surface area contributed by atoms with Crippen LogP contribution in [0.25, 0.3) is 0 Å². The van der Waals surface area contributed by atoms with E-state index in [9.17, 15) is 0 Å². The van der Waals surface area contributed by atoms with E-state index in [4.69, 9.17) is 0 Å². The number of rotatable bonds is 7. The SMILES string of the molecule is CC1=C(C)C(C)C([Si](c2cc(N(C)C)ccc2C)(c2cc(N(C)C)ccc2C)c2cc(N(C)C)ccc2C)=C1C. The van der Waals surface area contributed by atoms with Crippen molar-refractivity contribution in [3.05, 3.63) is 93.2 Å². The topological polar surface area (TPSA) is 9.72 Å². The highest BCUT2D eigenvalue weighted by atomic mass is 28.3. The third-order valence-electron chi connectivity index (χ3n) is 9.47. The highest BCUT2D eigenvalue weighted by molar-refractivity contribution is 7.17. The lowest BCUT2D eigenvalue weighted by atomic mass is 10.1. The lowest BCUT2D eigenvalue weighted by Gasteiger charge is -2.42. The van der Waals surface area contributed by atoms with Gasteiger partial charge in [0.2, 0.25) is 0 Å². The molecular formula is C36H49N3Si. The molecule has 0 saturated heterocycles. The maximum Gasteiger partial charge on any atom is 0.177 e. The largest absolute Gasteiger partial charge is 0.378 e. The quantitative estimate of drug-likeness (QED) is 0.259. The zero-order valence-electron chi connectivity index (χ0n) is 27.1. The van der Waals surface area contributed by atoms with Gasteiger partial charge in [-0.25, -0.2) is 0 Å². The molecule has 3 nitrogen and oxygen atoms in total. The first-order chi connectivity index (χ1) is 18.7. The average Bonchev–Trinajstić information content (AvgIpc) is 3.09. The molecule has 0 spiro atoms. The Bertz CT molecular complexity index is 1370. The summed E-state index contributed by atoms with van der Waals surface area (Å²) in [5.41, 5.74) is 12.3. The number of hydrogen-bond donors (Lipinski definition) is 0. The van der Waals surface area contributed by atoms with Crippen molar-refractivity contribution in [3.63, 3.8) is 0 Å². The number of anilines is 3. The molecule has 3 aromatic rings. The summed E-state index contributed by atoms with van der Waals surface area (Å²) >= 11 is 0. The minimum Gasteiger partial charge on any atom is -0.378 e. The molecule has 0 amide bonds. The van der Waals surface area contributed by atoms with Crippen LogP contribution in [0.15, 0.2) is 76.5 Å². The van der Waals surface area contributed by atoms with Crippen LogP contribution in [-0.4, -0.2) is 50.4 Å². The van der Waals surface area contributed by atoms with Gasteiger partial charge in [-0.1, -0.05) is 58.2 Å². The van der Waals surface area contributed by atoms with Gasteiger partial charge in [0.05, 0.1) is 0 Å². The molecule has 1 aliphatic rings. The molecular weight excluding hydrogens is 503 g/mol. The Kier molecular flexibility index (Phi) is 8.15. The van der Waals surface area contributed by atoms with E-state index in [1.807, 2.05) is 0 Å². The molecule has 0 radical (unpaired) electrons. The van der Waals surface area contributed by atoms with E-state index < -0.39 is 8.07 Å². The van der Waals surface area contributed by atoms with E-state index in [2.05, 4.69) is 160 Å². The lowest BCUT2D eigenvalue weighted by molar-refractivity contribution is 0.851. The molecule has 4 heteroatoms. The van der Waals surface area contributed by atoms with Gasteiger partial charge in [-0.05, 0) is 105 Å². The van der Waals surface area contributed by atoms with Crippen molar-refractivity contribution in [1.82, 2.24) is 0 Å². The van der Waals surface area contributed by atoms with Crippen LogP contribution >= 0.6 is 0 Å². The van der Waals surface area contributed by atoms with Gasteiger partial charge in [-0.3, -0.25) is 0 Å². The normalized spacial score (nSPS) is 15.7. The maximum absolute atomic E-state index is 2.81. The van der Waals surface area contributed by atoms with Gasteiger partial charge in [-0.15, -0.1) is 0 Å². The Labute approximate surface area is 244 Å². The highest BCUT2D eigenvalue weighted by Crippen LogP contribution is 2.42. The predicted octanol–water partition coefficient (Wildman–Crippen LogP) is 6.12. The minimum absolute atomic E-state index is 0.374. The standard InChI is InChI=1S/C36H49N3Si/c1-23-14-17-30(37(8)9)20-33(23)40(36-28(6)26(4)27(5)29(36)7,34-21-31(38(10)11)18-15-24(34)2)35-22-32(39(12)13)19-16-25(35)3/h14-22,28H,1-13H3. The van der Waals surface area contributed by atoms with E-state index in [-0.39, 0.29) is 0 Å². The Morgan fingerprint density at radius 1 is 0.500 bits per heavy atom. The first-order valence-corrected chi connectivity index (χ1v) is 16.5. The highest BCUT2D eigenvalue weighted by Gasteiger charge is 2.50. The first kappa shape index (κ1) is 29.7. The third-order valence-corrected chi connectivity index (χ3v) is 15.1. The van der Waals surface area contributed by atoms with Gasteiger partial charge in [0.1, 0.15) is 0 Å². The van der Waals surface area contributed by atoms with Gasteiger partial charge in [0.15, 0.2) is 8.07 Å². The number of hydrogen-bond acceptors (Lipinski definition) is 3. The molecule has 3 aromatic carbocycles. The molecule has 1 unspecified atom stereocenters. The summed E-state index contributed by atoms with van der Waals surface area (Å²) in [6, 6.07) is 21.4. The second-order valence-electron chi connectivity index (χ2n) is 12.5. The summed E-state index contributed by atoms with van der Waals surface area (Å²) in [4.78, 5) is 6.76. The summed E-state index contributed by atoms with van der Waals surface area (Å²) in [6.07, 6.45) is 0. The van der Waals surface area contributed by atoms with E-state index in [0.29, 0.717) is 5.92 Å². The summed E-state index contributed by atoms with van der Waals surface area (Å²) < 4.78 is 0. The molecule has 1 aliphatic carbocycles. The van der Waals surface area contributed by atoms with Crippen molar-refractivity contribution in [3.8, 4) is 0 Å². The second-order valence-corrected chi connectivity index (χ2v) is 16.2. The molecule has 0 saturated carbocycles. The predicted molar refractivity (Wildman–Crippen MR) is 181 cm³/mol. The Morgan fingerprint density at radius 3 is 1.07 bits per heavy atom. The number of nitrogens with zero attached hydrogens (tertiary/aromatic N) is 3. The molecule has 0 heterocycles. The van der Waals surface area contributed by atoms with Crippen molar-refractivity contribution in [2.45, 2.75) is 48.5 Å². The number of benzene rings is 3. The number of allylic oxidation sites excluding steroid dienone is 4. The van der Waals surface area contributed by atoms with Gasteiger partial charge in [0, 0.05) is 59.3 Å². The van der Waals surface area contributed by atoms with Crippen molar-refractivity contribution in [1.29, 1.82) is 0 Å². The van der Waals surface area contributed by atoms with E-state index in [1.165, 1.54) is 66.0 Å². The van der Waals surface area contributed by atoms with Crippen LogP contribution in [0, 0.1) is 26.7 Å².